The Morgan fingerprint density at radius 1 is 1.32 bits per heavy atom. The van der Waals surface area contributed by atoms with E-state index in [0.29, 0.717) is 11.5 Å². The van der Waals surface area contributed by atoms with E-state index in [1.54, 1.807) is 12.0 Å². The van der Waals surface area contributed by atoms with Crippen LogP contribution in [0.1, 0.15) is 29.9 Å². The zero-order valence-corrected chi connectivity index (χ0v) is 17.3. The summed E-state index contributed by atoms with van der Waals surface area (Å²) in [4.78, 5) is 15.3. The molecule has 0 spiro atoms. The molecule has 166 valence electrons. The molecule has 1 saturated heterocycles. The van der Waals surface area contributed by atoms with Crippen LogP contribution >= 0.6 is 0 Å². The summed E-state index contributed by atoms with van der Waals surface area (Å²) in [6.07, 6.45) is 0.0558. The SMILES string of the molecule is COc1ccc2c(c1)CCCC2C1(N)N=CN=C2C1=NCN2[C@@H]1O[C@H](CO)[C@@H](O)[C@H]1O. The Labute approximate surface area is 179 Å². The number of ether oxygens (including phenoxy) is 2. The topological polar surface area (TPSA) is 145 Å². The fraction of sp³-hybridized carbons (Fsp3) is 0.571. The maximum Gasteiger partial charge on any atom is 0.162 e. The van der Waals surface area contributed by atoms with Crippen molar-refractivity contribution in [2.24, 2.45) is 20.7 Å². The van der Waals surface area contributed by atoms with Crippen LogP contribution in [0, 0.1) is 0 Å². The molecule has 6 atom stereocenters. The van der Waals surface area contributed by atoms with Gasteiger partial charge in [-0.3, -0.25) is 4.99 Å². The average Bonchev–Trinajstić information content (AvgIpc) is 3.35. The highest BCUT2D eigenvalue weighted by Crippen LogP contribution is 2.42. The summed E-state index contributed by atoms with van der Waals surface area (Å²) in [6, 6.07) is 6.03. The van der Waals surface area contributed by atoms with E-state index in [0.717, 1.165) is 30.6 Å². The number of benzene rings is 1. The Kier molecular flexibility index (Phi) is 5.06. The lowest BCUT2D eigenvalue weighted by Crippen LogP contribution is -2.58. The Morgan fingerprint density at radius 3 is 2.90 bits per heavy atom. The Balaban J connectivity index is 1.45. The van der Waals surface area contributed by atoms with Crippen molar-refractivity contribution < 1.29 is 24.8 Å². The number of hydrogen-bond acceptors (Lipinski definition) is 10. The van der Waals surface area contributed by atoms with Crippen molar-refractivity contribution in [2.45, 2.75) is 55.4 Å². The molecular weight excluding hydrogens is 402 g/mol. The van der Waals surface area contributed by atoms with Gasteiger partial charge in [0.1, 0.15) is 42.8 Å². The molecule has 10 nitrogen and oxygen atoms in total. The van der Waals surface area contributed by atoms with Crippen molar-refractivity contribution in [1.82, 2.24) is 4.90 Å². The summed E-state index contributed by atoms with van der Waals surface area (Å²) < 4.78 is 11.1. The van der Waals surface area contributed by atoms with Gasteiger partial charge < -0.3 is 35.4 Å². The van der Waals surface area contributed by atoms with Crippen LogP contribution in [0.2, 0.25) is 0 Å². The van der Waals surface area contributed by atoms with Gasteiger partial charge in [0.05, 0.1) is 13.7 Å². The van der Waals surface area contributed by atoms with E-state index in [2.05, 4.69) is 15.0 Å². The molecule has 1 aromatic carbocycles. The highest BCUT2D eigenvalue weighted by molar-refractivity contribution is 6.47. The minimum Gasteiger partial charge on any atom is -0.497 e. The lowest BCUT2D eigenvalue weighted by molar-refractivity contribution is -0.0688. The van der Waals surface area contributed by atoms with Gasteiger partial charge in [-0.1, -0.05) is 6.07 Å². The van der Waals surface area contributed by atoms with Crippen LogP contribution in [0.4, 0.5) is 0 Å². The summed E-state index contributed by atoms with van der Waals surface area (Å²) in [7, 11) is 1.65. The fourth-order valence-corrected chi connectivity index (χ4v) is 5.07. The molecule has 5 N–H and O–H groups in total. The summed E-state index contributed by atoms with van der Waals surface area (Å²) in [5.41, 5.74) is 8.68. The van der Waals surface area contributed by atoms with Crippen molar-refractivity contribution in [1.29, 1.82) is 0 Å². The van der Waals surface area contributed by atoms with E-state index < -0.39 is 36.8 Å². The van der Waals surface area contributed by atoms with Crippen molar-refractivity contribution in [3.63, 3.8) is 0 Å². The Hall–Kier alpha value is -2.37. The Morgan fingerprint density at radius 2 is 2.16 bits per heavy atom. The number of rotatable bonds is 4. The van der Waals surface area contributed by atoms with E-state index in [-0.39, 0.29) is 12.6 Å². The third-order valence-corrected chi connectivity index (χ3v) is 6.72. The number of methoxy groups -OCH3 is 1. The molecule has 2 unspecified atom stereocenters. The van der Waals surface area contributed by atoms with Crippen molar-refractivity contribution in [3.05, 3.63) is 29.3 Å². The molecule has 0 amide bonds. The molecule has 1 aromatic rings. The minimum absolute atomic E-state index is 0.0900. The number of fused-ring (bicyclic) bond motifs is 2. The molecule has 31 heavy (non-hydrogen) atoms. The zero-order chi connectivity index (χ0) is 21.8. The van der Waals surface area contributed by atoms with Crippen LogP contribution in [-0.4, -0.2) is 88.7 Å². The van der Waals surface area contributed by atoms with Gasteiger partial charge in [0.2, 0.25) is 0 Å². The number of aliphatic imine (C=N–C) groups is 3. The first-order valence-corrected chi connectivity index (χ1v) is 10.5. The van der Waals surface area contributed by atoms with Gasteiger partial charge in [-0.25, -0.2) is 9.98 Å². The number of aliphatic hydroxyl groups excluding tert-OH is 3. The third kappa shape index (κ3) is 3.09. The van der Waals surface area contributed by atoms with Gasteiger partial charge in [-0.15, -0.1) is 0 Å². The number of nitrogens with zero attached hydrogens (tertiary/aromatic N) is 4. The van der Waals surface area contributed by atoms with Gasteiger partial charge in [-0.05, 0) is 42.5 Å². The molecule has 0 radical (unpaired) electrons. The van der Waals surface area contributed by atoms with Crippen LogP contribution in [-0.2, 0) is 11.2 Å². The Bertz CT molecular complexity index is 965. The lowest BCUT2D eigenvalue weighted by Gasteiger charge is -2.40. The van der Waals surface area contributed by atoms with E-state index in [1.165, 1.54) is 11.9 Å². The largest absolute Gasteiger partial charge is 0.497 e. The maximum absolute atomic E-state index is 10.5. The van der Waals surface area contributed by atoms with E-state index in [4.69, 9.17) is 15.2 Å². The molecule has 3 aliphatic heterocycles. The van der Waals surface area contributed by atoms with E-state index in [9.17, 15) is 15.3 Å². The van der Waals surface area contributed by atoms with E-state index in [1.807, 2.05) is 18.2 Å². The second-order valence-electron chi connectivity index (χ2n) is 8.38. The fourth-order valence-electron chi connectivity index (χ4n) is 5.07. The van der Waals surface area contributed by atoms with E-state index >= 15 is 0 Å². The van der Waals surface area contributed by atoms with Gasteiger partial charge in [-0.2, -0.15) is 0 Å². The predicted octanol–water partition coefficient (Wildman–Crippen LogP) is -0.636. The smallest absolute Gasteiger partial charge is 0.162 e. The van der Waals surface area contributed by atoms with Crippen LogP contribution < -0.4 is 10.5 Å². The number of nitrogens with two attached hydrogens (primary N) is 1. The first-order valence-electron chi connectivity index (χ1n) is 10.5. The number of aryl methyl sites for hydroxylation is 1. The predicted molar refractivity (Wildman–Crippen MR) is 113 cm³/mol. The number of aliphatic hydroxyl groups is 3. The van der Waals surface area contributed by atoms with Crippen LogP contribution in [0.3, 0.4) is 0 Å². The normalized spacial score (nSPS) is 36.7. The lowest BCUT2D eigenvalue weighted by atomic mass is 9.73. The summed E-state index contributed by atoms with van der Waals surface area (Å²) in [6.45, 7) is -0.224. The molecule has 1 aliphatic carbocycles. The van der Waals surface area contributed by atoms with Crippen LogP contribution in [0.25, 0.3) is 0 Å². The van der Waals surface area contributed by atoms with Gasteiger partial charge >= 0.3 is 0 Å². The molecule has 4 aliphatic rings. The second-order valence-corrected chi connectivity index (χ2v) is 8.38. The highest BCUT2D eigenvalue weighted by atomic mass is 16.6. The second kappa shape index (κ2) is 7.64. The standard InChI is InChI=1S/C21H27N5O5/c1-30-12-5-6-13-11(7-12)3-2-4-14(13)21(22)18-19(23-9-25-21)26(10-24-18)20-17(29)16(28)15(8-27)31-20/h5-7,9,14-17,20,27-29H,2-4,8,10,22H2,1H3/t14?,15-,16-,17-,20-,21?/m1/s1. The first kappa shape index (κ1) is 20.5. The molecule has 0 saturated carbocycles. The van der Waals surface area contributed by atoms with Crippen LogP contribution in [0.5, 0.6) is 5.75 Å². The highest BCUT2D eigenvalue weighted by Gasteiger charge is 2.53. The monoisotopic (exact) mass is 429 g/mol. The minimum atomic E-state index is -1.21. The van der Waals surface area contributed by atoms with Crippen molar-refractivity contribution in [3.8, 4) is 5.75 Å². The first-order chi connectivity index (χ1) is 15.0. The zero-order valence-electron chi connectivity index (χ0n) is 17.3. The van der Waals surface area contributed by atoms with Crippen molar-refractivity contribution in [2.75, 3.05) is 20.4 Å². The molecular formula is C21H27N5O5. The summed E-state index contributed by atoms with van der Waals surface area (Å²) in [5.74, 6) is 1.20. The number of hydrogen-bond donors (Lipinski definition) is 4. The molecule has 10 heteroatoms. The summed E-state index contributed by atoms with van der Waals surface area (Å²) >= 11 is 0. The third-order valence-electron chi connectivity index (χ3n) is 6.72. The van der Waals surface area contributed by atoms with Gasteiger partial charge in [0.25, 0.3) is 0 Å². The molecule has 1 fully saturated rings. The maximum atomic E-state index is 10.5. The molecule has 5 rings (SSSR count). The van der Waals surface area contributed by atoms with Gasteiger partial charge in [0, 0.05) is 5.92 Å². The van der Waals surface area contributed by atoms with Crippen LogP contribution in [0.15, 0.2) is 33.2 Å². The number of amidine groups is 1. The molecule has 0 bridgehead atoms. The molecule has 0 aromatic heterocycles. The van der Waals surface area contributed by atoms with Gasteiger partial charge in [0.15, 0.2) is 17.7 Å². The quantitative estimate of drug-likeness (QED) is 0.498. The average molecular weight is 429 g/mol. The molecule has 3 heterocycles. The summed E-state index contributed by atoms with van der Waals surface area (Å²) in [5, 5.41) is 30.0. The van der Waals surface area contributed by atoms with Crippen molar-refractivity contribution >= 4 is 17.9 Å².